The van der Waals surface area contributed by atoms with Crippen LogP contribution in [0.15, 0.2) is 77.5 Å². The van der Waals surface area contributed by atoms with E-state index in [-0.39, 0.29) is 54.7 Å². The number of halogens is 2. The quantitative estimate of drug-likeness (QED) is 0.0501. The Morgan fingerprint density at radius 1 is 0.907 bits per heavy atom. The van der Waals surface area contributed by atoms with E-state index in [1.165, 1.54) is 18.3 Å². The summed E-state index contributed by atoms with van der Waals surface area (Å²) in [6, 6.07) is 14.6. The van der Waals surface area contributed by atoms with Crippen molar-refractivity contribution >= 4 is 57.8 Å². The van der Waals surface area contributed by atoms with Crippen molar-refractivity contribution in [3.63, 3.8) is 0 Å². The van der Waals surface area contributed by atoms with Gasteiger partial charge in [0.1, 0.15) is 23.7 Å². The summed E-state index contributed by atoms with van der Waals surface area (Å²) in [6.07, 6.45) is 8.72. The van der Waals surface area contributed by atoms with Gasteiger partial charge in [0.15, 0.2) is 0 Å². The first kappa shape index (κ1) is 54.7. The van der Waals surface area contributed by atoms with Crippen molar-refractivity contribution in [3.05, 3.63) is 107 Å². The SMILES string of the molecule is Cc1ncsc1-c1ccc(CNC(=O)C2CCCN2C(=O)C(NC(=O)CCCCNC(=O)CN2CCC(N=CC(=CN)c3cnc4cccc(-c5cc(F)c(CN6CCOCC6)c(F)c5)c4n3)CC2)C(C)(C)C)cc1. The number of thiazole rings is 1. The van der Waals surface area contributed by atoms with Gasteiger partial charge in [0, 0.05) is 87.9 Å². The van der Waals surface area contributed by atoms with E-state index >= 15 is 8.78 Å². The Morgan fingerprint density at radius 3 is 2.35 bits per heavy atom. The Balaban J connectivity index is 0.745. The van der Waals surface area contributed by atoms with Crippen molar-refractivity contribution in [2.24, 2.45) is 16.1 Å². The molecule has 3 saturated heterocycles. The highest BCUT2D eigenvalue weighted by Gasteiger charge is 2.42. The Labute approximate surface area is 441 Å². The Kier molecular flexibility index (Phi) is 18.5. The molecule has 0 saturated carbocycles. The molecule has 2 atom stereocenters. The van der Waals surface area contributed by atoms with Crippen LogP contribution < -0.4 is 21.7 Å². The summed E-state index contributed by atoms with van der Waals surface area (Å²) in [5.74, 6) is -2.06. The van der Waals surface area contributed by atoms with Gasteiger partial charge in [0.2, 0.25) is 23.6 Å². The van der Waals surface area contributed by atoms with Crippen LogP contribution in [0.5, 0.6) is 0 Å². The van der Waals surface area contributed by atoms with E-state index in [0.717, 1.165) is 34.5 Å². The largest absolute Gasteiger partial charge is 0.404 e. The molecule has 75 heavy (non-hydrogen) atoms. The number of aliphatic imine (C=N–C) groups is 1. The summed E-state index contributed by atoms with van der Waals surface area (Å²) in [4.78, 5) is 79.0. The van der Waals surface area contributed by atoms with Crippen LogP contribution in [0.2, 0.25) is 0 Å². The number of aryl methyl sites for hydroxylation is 1. The van der Waals surface area contributed by atoms with E-state index in [0.29, 0.717) is 118 Å². The summed E-state index contributed by atoms with van der Waals surface area (Å²) in [5.41, 5.74) is 13.3. The molecule has 5 aromatic rings. The van der Waals surface area contributed by atoms with Gasteiger partial charge in [-0.2, -0.15) is 0 Å². The highest BCUT2D eigenvalue weighted by atomic mass is 32.1. The lowest BCUT2D eigenvalue weighted by molar-refractivity contribution is -0.144. The molecule has 16 nitrogen and oxygen atoms in total. The maximum atomic E-state index is 15.4. The van der Waals surface area contributed by atoms with Crippen LogP contribution in [-0.4, -0.2) is 137 Å². The molecular formula is C56H69F2N11O5S. The first-order valence-corrected chi connectivity index (χ1v) is 26.9. The number of rotatable bonds is 19. The van der Waals surface area contributed by atoms with Crippen LogP contribution >= 0.6 is 11.3 Å². The Morgan fingerprint density at radius 2 is 1.65 bits per heavy atom. The zero-order valence-electron chi connectivity index (χ0n) is 43.4. The number of unbranched alkanes of at least 4 members (excludes halogenated alkanes) is 1. The molecule has 19 heteroatoms. The van der Waals surface area contributed by atoms with Crippen LogP contribution in [0.25, 0.3) is 38.2 Å². The second kappa shape index (κ2) is 25.3. The number of nitrogens with zero attached hydrogens (tertiary/aromatic N) is 7. The van der Waals surface area contributed by atoms with Gasteiger partial charge in [-0.25, -0.2) is 18.7 Å². The summed E-state index contributed by atoms with van der Waals surface area (Å²) < 4.78 is 36.3. The van der Waals surface area contributed by atoms with Gasteiger partial charge in [0.05, 0.1) is 64.8 Å². The maximum Gasteiger partial charge on any atom is 0.246 e. The molecule has 398 valence electrons. The summed E-state index contributed by atoms with van der Waals surface area (Å²) >= 11 is 1.59. The predicted molar refractivity (Wildman–Crippen MR) is 288 cm³/mol. The number of allylic oxidation sites excluding steroid dienone is 1. The predicted octanol–water partition coefficient (Wildman–Crippen LogP) is 6.80. The van der Waals surface area contributed by atoms with Gasteiger partial charge in [-0.05, 0) is 85.8 Å². The number of nitrogens with two attached hydrogens (primary N) is 1. The van der Waals surface area contributed by atoms with Gasteiger partial charge in [-0.1, -0.05) is 57.2 Å². The molecule has 8 rings (SSSR count). The van der Waals surface area contributed by atoms with Crippen LogP contribution in [-0.2, 0) is 37.0 Å². The molecule has 0 bridgehead atoms. The fourth-order valence-electron chi connectivity index (χ4n) is 9.81. The molecule has 0 radical (unpaired) electrons. The number of hydrogen-bond donors (Lipinski definition) is 4. The van der Waals surface area contributed by atoms with Crippen molar-refractivity contribution in [2.45, 2.75) is 104 Å². The fourth-order valence-corrected chi connectivity index (χ4v) is 10.6. The number of para-hydroxylation sites is 1. The normalized spacial score (nSPS) is 17.7. The number of aromatic nitrogens is 3. The fraction of sp³-hybridized carbons (Fsp3) is 0.464. The number of ether oxygens (including phenoxy) is 1. The molecule has 2 aromatic heterocycles. The van der Waals surface area contributed by atoms with E-state index in [1.54, 1.807) is 46.8 Å². The number of amides is 4. The lowest BCUT2D eigenvalue weighted by atomic mass is 9.85. The number of morpholine rings is 1. The van der Waals surface area contributed by atoms with E-state index in [1.807, 2.05) is 62.4 Å². The van der Waals surface area contributed by atoms with E-state index in [2.05, 4.69) is 30.8 Å². The molecular weight excluding hydrogens is 977 g/mol. The average molecular weight is 1050 g/mol. The maximum absolute atomic E-state index is 15.4. The lowest BCUT2D eigenvalue weighted by Crippen LogP contribution is -2.57. The Hall–Kier alpha value is -6.54. The first-order chi connectivity index (χ1) is 36.1. The lowest BCUT2D eigenvalue weighted by Gasteiger charge is -2.35. The van der Waals surface area contributed by atoms with Crippen molar-refractivity contribution in [2.75, 3.05) is 59.0 Å². The number of carbonyl (C=O) groups excluding carboxylic acids is 4. The minimum Gasteiger partial charge on any atom is -0.404 e. The standard InChI is InChI=1S/C56H69F2N11O5S/c1-36-52(75-35-64-36)38-15-13-37(14-16-38)30-63-54(72)48-11-8-20-69(48)55(73)53(56(2,3)4)66-49(70)12-5-6-19-60-50(71)34-67-21-17-41(18-22-67)61-31-40(29-59)47-32-62-46-10-7-9-42(51(46)65-47)39-27-44(57)43(45(58)28-39)33-68-23-25-74-26-24-68/h7,9-10,13-16,27-29,31-32,35,41,48,53H,5-6,8,11-12,17-26,30,33-34,59H2,1-4H3,(H,60,71)(H,63,72)(H,66,70). The minimum absolute atomic E-state index is 0.0000316. The molecule has 2 unspecified atom stereocenters. The second-order valence-corrected chi connectivity index (χ2v) is 21.5. The molecule has 3 aliphatic rings. The van der Waals surface area contributed by atoms with Crippen molar-refractivity contribution in [1.29, 1.82) is 0 Å². The number of fused-ring (bicyclic) bond motifs is 1. The van der Waals surface area contributed by atoms with Gasteiger partial charge >= 0.3 is 0 Å². The number of piperidine rings is 1. The zero-order chi connectivity index (χ0) is 53.1. The van der Waals surface area contributed by atoms with Gasteiger partial charge < -0.3 is 31.3 Å². The average Bonchev–Trinajstić information content (AvgIpc) is 4.08. The number of nitrogens with one attached hydrogen (secondary N) is 3. The highest BCUT2D eigenvalue weighted by molar-refractivity contribution is 7.13. The summed E-state index contributed by atoms with van der Waals surface area (Å²) in [7, 11) is 0. The van der Waals surface area contributed by atoms with Crippen LogP contribution in [0.1, 0.15) is 88.2 Å². The summed E-state index contributed by atoms with van der Waals surface area (Å²) in [5, 5.41) is 8.97. The smallest absolute Gasteiger partial charge is 0.246 e. The number of carbonyl (C=O) groups is 4. The number of benzene rings is 3. The third-order valence-corrected chi connectivity index (χ3v) is 15.2. The van der Waals surface area contributed by atoms with E-state index in [9.17, 15) is 19.2 Å². The Bertz CT molecular complexity index is 2850. The van der Waals surface area contributed by atoms with Crippen LogP contribution in [0.3, 0.4) is 0 Å². The molecule has 4 amide bonds. The number of hydrogen-bond acceptors (Lipinski definition) is 13. The van der Waals surface area contributed by atoms with E-state index < -0.39 is 29.1 Å². The van der Waals surface area contributed by atoms with Crippen molar-refractivity contribution in [1.82, 2.24) is 45.6 Å². The molecule has 3 aromatic carbocycles. The molecule has 3 aliphatic heterocycles. The first-order valence-electron chi connectivity index (χ1n) is 26.0. The molecule has 3 fully saturated rings. The van der Waals surface area contributed by atoms with Crippen LogP contribution in [0.4, 0.5) is 8.78 Å². The van der Waals surface area contributed by atoms with E-state index in [4.69, 9.17) is 20.4 Å². The van der Waals surface area contributed by atoms with Gasteiger partial charge in [-0.15, -0.1) is 11.3 Å². The zero-order valence-corrected chi connectivity index (χ0v) is 44.2. The molecule has 0 aliphatic carbocycles. The topological polar surface area (TPSA) is 200 Å². The molecule has 0 spiro atoms. The monoisotopic (exact) mass is 1050 g/mol. The van der Waals surface area contributed by atoms with Crippen LogP contribution in [0, 0.1) is 24.0 Å². The van der Waals surface area contributed by atoms with Gasteiger partial charge in [0.25, 0.3) is 0 Å². The molecule has 5 N–H and O–H groups in total. The third-order valence-electron chi connectivity index (χ3n) is 14.2. The molecule has 5 heterocycles. The van der Waals surface area contributed by atoms with Crippen molar-refractivity contribution in [3.8, 4) is 21.6 Å². The number of likely N-dealkylation sites (tertiary alicyclic amines) is 2. The van der Waals surface area contributed by atoms with Crippen molar-refractivity contribution < 1.29 is 32.7 Å². The summed E-state index contributed by atoms with van der Waals surface area (Å²) in [6.45, 7) is 12.9. The highest BCUT2D eigenvalue weighted by Crippen LogP contribution is 2.32. The third kappa shape index (κ3) is 14.2. The second-order valence-electron chi connectivity index (χ2n) is 20.7. The minimum atomic E-state index is -0.813. The van der Waals surface area contributed by atoms with Gasteiger partial charge in [-0.3, -0.25) is 39.0 Å².